The molecule has 0 spiro atoms. The molecule has 2 N–H and O–H groups in total. The number of hydrogen-bond donors (Lipinski definition) is 2. The van der Waals surface area contributed by atoms with Crippen molar-refractivity contribution in [2.45, 2.75) is 13.8 Å². The Morgan fingerprint density at radius 2 is 1.03 bits per heavy atom. The lowest BCUT2D eigenvalue weighted by Crippen LogP contribution is -2.50. The topological polar surface area (TPSA) is 101 Å². The van der Waals surface area contributed by atoms with E-state index < -0.39 is 0 Å². The van der Waals surface area contributed by atoms with E-state index in [4.69, 9.17) is 51.1 Å². The van der Waals surface area contributed by atoms with Crippen LogP contribution in [-0.4, -0.2) is 119 Å². The molecule has 4 aromatic carbocycles. The summed E-state index contributed by atoms with van der Waals surface area (Å²) in [5.41, 5.74) is 5.20. The molecule has 4 aromatic rings. The van der Waals surface area contributed by atoms with E-state index >= 15 is 0 Å². The molecule has 3 saturated heterocycles. The molecule has 3 fully saturated rings. The van der Waals surface area contributed by atoms with E-state index in [2.05, 4.69) is 37.5 Å². The maximum Gasteiger partial charge on any atom is 0.315 e. The number of amides is 2. The number of nitrogens with zero attached hydrogens (tertiary/aromatic N) is 5. The van der Waals surface area contributed by atoms with Crippen molar-refractivity contribution in [1.82, 2.24) is 15.1 Å². The highest BCUT2D eigenvalue weighted by Gasteiger charge is 2.23. The van der Waals surface area contributed by atoms with Crippen molar-refractivity contribution in [2.24, 2.45) is 0 Å². The Balaban J connectivity index is 0.000000207. The van der Waals surface area contributed by atoms with Crippen LogP contribution in [0, 0.1) is 0 Å². The zero-order valence-corrected chi connectivity index (χ0v) is 35.9. The summed E-state index contributed by atoms with van der Waals surface area (Å²) in [7, 11) is 0. The van der Waals surface area contributed by atoms with Crippen LogP contribution in [0.15, 0.2) is 91.0 Å². The first-order valence-electron chi connectivity index (χ1n) is 19.1. The number of anilines is 4. The van der Waals surface area contributed by atoms with Gasteiger partial charge in [0.05, 0.1) is 13.0 Å². The number of carbonyl (C=O) groups excluding carboxylic acids is 3. The minimum absolute atomic E-state index is 0. The predicted molar refractivity (Wildman–Crippen MR) is 246 cm³/mol. The van der Waals surface area contributed by atoms with Crippen LogP contribution in [0.25, 0.3) is 0 Å². The molecule has 0 bridgehead atoms. The molecule has 0 aliphatic carbocycles. The van der Waals surface area contributed by atoms with Gasteiger partial charge in [-0.25, -0.2) is 0 Å². The number of esters is 1. The summed E-state index contributed by atoms with van der Waals surface area (Å²) < 4.78 is 5.14. The molecule has 4 aliphatic rings. The molecular formula is C43H52Cl5N7O4. The number of carbonyl (C=O) groups is 3. The van der Waals surface area contributed by atoms with Crippen LogP contribution >= 0.6 is 58.8 Å². The molecule has 0 atom stereocenters. The summed E-state index contributed by atoms with van der Waals surface area (Å²) in [5.74, 6) is 0.484. The normalized spacial score (nSPS) is 15.9. The molecule has 0 aromatic heterocycles. The number of rotatable bonds is 7. The Bertz CT molecular complexity index is 1940. The van der Waals surface area contributed by atoms with E-state index in [0.29, 0.717) is 25.3 Å². The Kier molecular flexibility index (Phi) is 19.1. The minimum Gasteiger partial charge on any atom is -0.426 e. The van der Waals surface area contributed by atoms with Crippen LogP contribution in [-0.2, 0) is 20.8 Å². The number of ether oxygens (including phenoxy) is 1. The quantitative estimate of drug-likeness (QED) is 0.110. The van der Waals surface area contributed by atoms with E-state index in [1.54, 1.807) is 11.0 Å². The number of nitrogens with one attached hydrogen (secondary N) is 2. The summed E-state index contributed by atoms with van der Waals surface area (Å²) in [6.45, 7) is 10.6. The predicted octanol–water partition coefficient (Wildman–Crippen LogP) is 7.60. The first kappa shape index (κ1) is 47.6. The van der Waals surface area contributed by atoms with Gasteiger partial charge in [0.15, 0.2) is 0 Å². The van der Waals surface area contributed by atoms with Crippen molar-refractivity contribution in [1.29, 1.82) is 0 Å². The average molecular weight is 908 g/mol. The number of piperazine rings is 3. The van der Waals surface area contributed by atoms with Crippen LogP contribution in [0.5, 0.6) is 5.75 Å². The Labute approximate surface area is 373 Å². The summed E-state index contributed by atoms with van der Waals surface area (Å²) in [5, 5.41) is 8.72. The Hall–Kier alpha value is -4.10. The zero-order chi connectivity index (χ0) is 40.1. The third-order valence-electron chi connectivity index (χ3n) is 10.1. The van der Waals surface area contributed by atoms with Crippen molar-refractivity contribution in [2.75, 3.05) is 111 Å². The van der Waals surface area contributed by atoms with Crippen molar-refractivity contribution in [3.8, 4) is 5.75 Å². The van der Waals surface area contributed by atoms with Gasteiger partial charge in [-0.2, -0.15) is 0 Å². The second kappa shape index (κ2) is 23.6. The van der Waals surface area contributed by atoms with Crippen LogP contribution < -0.4 is 30.1 Å². The first-order valence-corrected chi connectivity index (χ1v) is 20.7. The van der Waals surface area contributed by atoms with Crippen LogP contribution in [0.1, 0.15) is 13.0 Å². The lowest BCUT2D eigenvalue weighted by Gasteiger charge is -2.36. The highest BCUT2D eigenvalue weighted by Crippen LogP contribution is 2.29. The lowest BCUT2D eigenvalue weighted by molar-refractivity contribution is -0.132. The van der Waals surface area contributed by atoms with Crippen molar-refractivity contribution in [3.63, 3.8) is 0 Å². The second-order valence-corrected chi connectivity index (χ2v) is 15.4. The molecule has 4 heterocycles. The highest BCUT2D eigenvalue weighted by atomic mass is 35.5. The number of halogens is 5. The SMILES string of the molecule is C.Cl.Clc1ccc(N2CCNCC2)cc1.O=C(CCl)N1CCN(c2ccc(Cl)cc2)CC1.O=C1Cc2ccc(NCC(=O)N3CCN(c4ccc(Cl)cc4)CC3)cc2O1. The number of alkyl halides is 1. The fourth-order valence-corrected chi connectivity index (χ4v) is 7.45. The van der Waals surface area contributed by atoms with Gasteiger partial charge < -0.3 is 39.9 Å². The summed E-state index contributed by atoms with van der Waals surface area (Å²) in [4.78, 5) is 45.8. The number of benzene rings is 4. The maximum atomic E-state index is 12.5. The van der Waals surface area contributed by atoms with E-state index in [1.807, 2.05) is 77.7 Å². The molecule has 59 heavy (non-hydrogen) atoms. The fraction of sp³-hybridized carbons (Fsp3) is 0.372. The van der Waals surface area contributed by atoms with E-state index in [9.17, 15) is 14.4 Å². The standard InChI is InChI=1S/C20H20ClN3O3.C12H14Cl2N2O.C10H13ClN2.CH4.ClH/c21-15-2-5-17(6-3-15)23-7-9-24(10-8-23)19(25)13-22-16-4-1-14-11-20(26)27-18(14)12-16;13-9-12(17)16-7-5-15(6-8-16)11-3-1-10(14)2-4-11;11-9-1-3-10(4-2-9)13-7-5-12-6-8-13;;/h1-6,12,22H,7-11,13H2;1-4H,5-9H2;1-4,12H,5-8H2;1H4;1H. The molecule has 0 unspecified atom stereocenters. The molecule has 0 saturated carbocycles. The molecule has 2 amide bonds. The third kappa shape index (κ3) is 14.0. The molecular weight excluding hydrogens is 856 g/mol. The summed E-state index contributed by atoms with van der Waals surface area (Å²) >= 11 is 23.1. The first-order chi connectivity index (χ1) is 27.6. The fourth-order valence-electron chi connectivity index (χ4n) is 6.90. The van der Waals surface area contributed by atoms with Gasteiger partial charge in [-0.1, -0.05) is 48.3 Å². The van der Waals surface area contributed by atoms with Gasteiger partial charge in [0.2, 0.25) is 11.8 Å². The minimum atomic E-state index is -0.239. The highest BCUT2D eigenvalue weighted by molar-refractivity contribution is 6.31. The average Bonchev–Trinajstić information content (AvgIpc) is 3.63. The molecule has 0 radical (unpaired) electrons. The smallest absolute Gasteiger partial charge is 0.315 e. The monoisotopic (exact) mass is 905 g/mol. The van der Waals surface area contributed by atoms with Gasteiger partial charge in [-0.15, -0.1) is 24.0 Å². The molecule has 8 rings (SSSR count). The lowest BCUT2D eigenvalue weighted by atomic mass is 10.1. The number of hydrogen-bond acceptors (Lipinski definition) is 9. The van der Waals surface area contributed by atoms with Crippen LogP contribution in [0.3, 0.4) is 0 Å². The van der Waals surface area contributed by atoms with E-state index in [0.717, 1.165) is 103 Å². The van der Waals surface area contributed by atoms with E-state index in [-0.39, 0.29) is 50.0 Å². The molecule has 318 valence electrons. The van der Waals surface area contributed by atoms with Gasteiger partial charge >= 0.3 is 5.97 Å². The van der Waals surface area contributed by atoms with Crippen molar-refractivity contribution >= 4 is 99.3 Å². The molecule has 11 nitrogen and oxygen atoms in total. The van der Waals surface area contributed by atoms with Gasteiger partial charge in [0.25, 0.3) is 0 Å². The Morgan fingerprint density at radius 1 is 0.610 bits per heavy atom. The van der Waals surface area contributed by atoms with Crippen molar-refractivity contribution < 1.29 is 19.1 Å². The molecule has 16 heteroatoms. The second-order valence-electron chi connectivity index (χ2n) is 13.9. The Morgan fingerprint density at radius 3 is 1.47 bits per heavy atom. The summed E-state index contributed by atoms with van der Waals surface area (Å²) in [6.07, 6.45) is 0.312. The van der Waals surface area contributed by atoms with Crippen molar-refractivity contribution in [3.05, 3.63) is 112 Å². The van der Waals surface area contributed by atoms with Gasteiger partial charge in [-0.05, 0) is 78.9 Å². The third-order valence-corrected chi connectivity index (χ3v) is 11.1. The van der Waals surface area contributed by atoms with Crippen LogP contribution in [0.2, 0.25) is 15.1 Å². The van der Waals surface area contributed by atoms with Gasteiger partial charge in [0.1, 0.15) is 11.6 Å². The van der Waals surface area contributed by atoms with Gasteiger partial charge in [-0.3, -0.25) is 14.4 Å². The van der Waals surface area contributed by atoms with E-state index in [1.165, 1.54) is 5.69 Å². The maximum absolute atomic E-state index is 12.5. The largest absolute Gasteiger partial charge is 0.426 e. The zero-order valence-electron chi connectivity index (χ0n) is 32.1. The van der Waals surface area contributed by atoms with Crippen LogP contribution in [0.4, 0.5) is 22.7 Å². The molecule has 4 aliphatic heterocycles. The van der Waals surface area contributed by atoms with Gasteiger partial charge in [0, 0.05) is 128 Å². The number of fused-ring (bicyclic) bond motifs is 1. The summed E-state index contributed by atoms with van der Waals surface area (Å²) in [6, 6.07) is 29.1.